The molecule has 2 aromatic carbocycles. The van der Waals surface area contributed by atoms with Crippen molar-refractivity contribution in [1.29, 1.82) is 0 Å². The number of para-hydroxylation sites is 1. The monoisotopic (exact) mass is 405 g/mol. The van der Waals surface area contributed by atoms with E-state index in [0.29, 0.717) is 11.3 Å². The molecule has 1 aliphatic rings. The van der Waals surface area contributed by atoms with Crippen molar-refractivity contribution in [3.05, 3.63) is 70.9 Å². The van der Waals surface area contributed by atoms with Crippen molar-refractivity contribution in [2.24, 2.45) is 0 Å². The van der Waals surface area contributed by atoms with Gasteiger partial charge in [0.2, 0.25) is 0 Å². The second-order valence-corrected chi connectivity index (χ2v) is 6.34. The van der Waals surface area contributed by atoms with Crippen LogP contribution in [0, 0.1) is 0 Å². The molecule has 0 saturated heterocycles. The van der Waals surface area contributed by atoms with E-state index < -0.39 is 29.7 Å². The molecule has 0 aliphatic carbocycles. The fourth-order valence-corrected chi connectivity index (χ4v) is 3.10. The lowest BCUT2D eigenvalue weighted by molar-refractivity contribution is -0.137. The molecule has 0 aromatic heterocycles. The summed E-state index contributed by atoms with van der Waals surface area (Å²) in [5.41, 5.74) is 0.0946. The minimum Gasteiger partial charge on any atom is -0.496 e. The Bertz CT molecular complexity index is 986. The van der Waals surface area contributed by atoms with Gasteiger partial charge in [-0.2, -0.15) is 13.2 Å². The Kier molecular flexibility index (Phi) is 5.49. The van der Waals surface area contributed by atoms with Crippen LogP contribution in [0.1, 0.15) is 24.1 Å². The SMILES string of the molecule is COc1ccccc1[C@@H]1NC(=O)NC(C)=C1C(=O)Nc1cccc(C(F)(F)F)c1. The first-order valence-corrected chi connectivity index (χ1v) is 8.60. The number of allylic oxidation sites excluding steroid dienone is 1. The van der Waals surface area contributed by atoms with Crippen LogP contribution in [0.5, 0.6) is 5.75 Å². The molecule has 1 atom stereocenters. The molecule has 6 nitrogen and oxygen atoms in total. The summed E-state index contributed by atoms with van der Waals surface area (Å²) in [6.45, 7) is 1.54. The molecule has 0 spiro atoms. The number of alkyl halides is 3. The fourth-order valence-electron chi connectivity index (χ4n) is 3.10. The van der Waals surface area contributed by atoms with E-state index in [0.717, 1.165) is 12.1 Å². The van der Waals surface area contributed by atoms with Crippen molar-refractivity contribution in [3.63, 3.8) is 0 Å². The third-order valence-corrected chi connectivity index (χ3v) is 4.41. The van der Waals surface area contributed by atoms with Gasteiger partial charge in [0.1, 0.15) is 5.75 Å². The van der Waals surface area contributed by atoms with E-state index in [1.54, 1.807) is 31.2 Å². The molecule has 3 N–H and O–H groups in total. The van der Waals surface area contributed by atoms with Crippen molar-refractivity contribution in [2.45, 2.75) is 19.1 Å². The highest BCUT2D eigenvalue weighted by Crippen LogP contribution is 2.34. The van der Waals surface area contributed by atoms with Crippen molar-refractivity contribution >= 4 is 17.6 Å². The van der Waals surface area contributed by atoms with Gasteiger partial charge in [-0.3, -0.25) is 4.79 Å². The van der Waals surface area contributed by atoms with Crippen LogP contribution in [0.25, 0.3) is 0 Å². The van der Waals surface area contributed by atoms with E-state index in [-0.39, 0.29) is 17.0 Å². The lowest BCUT2D eigenvalue weighted by atomic mass is 9.94. The number of carbonyl (C=O) groups is 2. The molecule has 2 aromatic rings. The molecule has 0 saturated carbocycles. The van der Waals surface area contributed by atoms with Gasteiger partial charge in [0.25, 0.3) is 5.91 Å². The third-order valence-electron chi connectivity index (χ3n) is 4.41. The molecule has 3 rings (SSSR count). The zero-order valence-corrected chi connectivity index (χ0v) is 15.6. The van der Waals surface area contributed by atoms with Gasteiger partial charge in [0.05, 0.1) is 24.3 Å². The smallest absolute Gasteiger partial charge is 0.416 e. The summed E-state index contributed by atoms with van der Waals surface area (Å²) in [4.78, 5) is 24.9. The minimum atomic E-state index is -4.53. The second kappa shape index (κ2) is 7.86. The van der Waals surface area contributed by atoms with Crippen LogP contribution in [0.15, 0.2) is 59.8 Å². The largest absolute Gasteiger partial charge is 0.496 e. The summed E-state index contributed by atoms with van der Waals surface area (Å²) in [6, 6.07) is 9.82. The van der Waals surface area contributed by atoms with Crippen molar-refractivity contribution < 1.29 is 27.5 Å². The zero-order chi connectivity index (χ0) is 21.2. The van der Waals surface area contributed by atoms with Crippen molar-refractivity contribution in [2.75, 3.05) is 12.4 Å². The fraction of sp³-hybridized carbons (Fsp3) is 0.200. The number of anilines is 1. The van der Waals surface area contributed by atoms with Gasteiger partial charge in [0.15, 0.2) is 0 Å². The summed E-state index contributed by atoms with van der Waals surface area (Å²) in [6.07, 6.45) is -4.53. The number of amides is 3. The molecule has 29 heavy (non-hydrogen) atoms. The topological polar surface area (TPSA) is 79.5 Å². The first kappa shape index (κ1) is 20.2. The maximum Gasteiger partial charge on any atom is 0.416 e. The van der Waals surface area contributed by atoms with Crippen molar-refractivity contribution in [1.82, 2.24) is 10.6 Å². The number of hydrogen-bond donors (Lipinski definition) is 3. The summed E-state index contributed by atoms with van der Waals surface area (Å²) < 4.78 is 44.1. The minimum absolute atomic E-state index is 0.0131. The number of halogens is 3. The maximum atomic E-state index is 12.9. The maximum absolute atomic E-state index is 12.9. The van der Waals surface area contributed by atoms with Crippen LogP contribution in [0.4, 0.5) is 23.7 Å². The Morgan fingerprint density at radius 1 is 1.14 bits per heavy atom. The number of nitrogens with one attached hydrogen (secondary N) is 3. The summed E-state index contributed by atoms with van der Waals surface area (Å²) in [5, 5.41) is 7.66. The predicted octanol–water partition coefficient (Wildman–Crippen LogP) is 3.98. The molecule has 152 valence electrons. The first-order valence-electron chi connectivity index (χ1n) is 8.60. The molecule has 1 aliphatic heterocycles. The van der Waals surface area contributed by atoms with E-state index in [2.05, 4.69) is 16.0 Å². The molecular formula is C20H18F3N3O3. The number of hydrogen-bond acceptors (Lipinski definition) is 3. The first-order chi connectivity index (χ1) is 13.7. The standard InChI is InChI=1S/C20H18F3N3O3/c1-11-16(18(27)25-13-7-5-6-12(10-13)20(21,22)23)17(26-19(28)24-11)14-8-3-4-9-15(14)29-2/h3-10,17H,1-2H3,(H,25,27)(H2,24,26,28)/t17-/m0/s1. The molecule has 0 unspecified atom stereocenters. The molecule has 9 heteroatoms. The number of urea groups is 1. The molecular weight excluding hydrogens is 387 g/mol. The van der Waals surface area contributed by atoms with Gasteiger partial charge < -0.3 is 20.7 Å². The molecule has 1 heterocycles. The highest BCUT2D eigenvalue weighted by Gasteiger charge is 2.34. The number of methoxy groups -OCH3 is 1. The van der Waals surface area contributed by atoms with Gasteiger partial charge in [0, 0.05) is 16.9 Å². The summed E-state index contributed by atoms with van der Waals surface area (Å²) in [7, 11) is 1.46. The Morgan fingerprint density at radius 3 is 2.55 bits per heavy atom. The highest BCUT2D eigenvalue weighted by molar-refractivity contribution is 6.06. The Labute approximate surface area is 164 Å². The third kappa shape index (κ3) is 4.34. The van der Waals surface area contributed by atoms with Crippen LogP contribution >= 0.6 is 0 Å². The molecule has 0 radical (unpaired) electrons. The Hall–Kier alpha value is -3.49. The van der Waals surface area contributed by atoms with Crippen LogP contribution in [-0.2, 0) is 11.0 Å². The summed E-state index contributed by atoms with van der Waals surface area (Å²) in [5.74, 6) is -0.193. The van der Waals surface area contributed by atoms with Gasteiger partial charge in [-0.25, -0.2) is 4.79 Å². The zero-order valence-electron chi connectivity index (χ0n) is 15.6. The number of carbonyl (C=O) groups excluding carboxylic acids is 2. The van der Waals surface area contributed by atoms with Crippen LogP contribution in [0.2, 0.25) is 0 Å². The lowest BCUT2D eigenvalue weighted by Gasteiger charge is -2.29. The van der Waals surface area contributed by atoms with Gasteiger partial charge in [-0.05, 0) is 31.2 Å². The number of ether oxygens (including phenoxy) is 1. The van der Waals surface area contributed by atoms with E-state index in [9.17, 15) is 22.8 Å². The highest BCUT2D eigenvalue weighted by atomic mass is 19.4. The van der Waals surface area contributed by atoms with Crippen LogP contribution in [0.3, 0.4) is 0 Å². The van der Waals surface area contributed by atoms with E-state index in [1.807, 2.05) is 0 Å². The molecule has 0 bridgehead atoms. The summed E-state index contributed by atoms with van der Waals surface area (Å²) >= 11 is 0. The van der Waals surface area contributed by atoms with E-state index in [4.69, 9.17) is 4.74 Å². The van der Waals surface area contributed by atoms with Gasteiger partial charge in [-0.15, -0.1) is 0 Å². The average molecular weight is 405 g/mol. The average Bonchev–Trinajstić information content (AvgIpc) is 2.66. The second-order valence-electron chi connectivity index (χ2n) is 6.34. The molecule has 3 amide bonds. The predicted molar refractivity (Wildman–Crippen MR) is 100 cm³/mol. The molecule has 0 fully saturated rings. The van der Waals surface area contributed by atoms with E-state index >= 15 is 0 Å². The normalized spacial score (nSPS) is 16.7. The van der Waals surface area contributed by atoms with Crippen molar-refractivity contribution in [3.8, 4) is 5.75 Å². The number of rotatable bonds is 4. The van der Waals surface area contributed by atoms with E-state index in [1.165, 1.54) is 19.2 Å². The quantitative estimate of drug-likeness (QED) is 0.720. The van der Waals surface area contributed by atoms with Gasteiger partial charge in [-0.1, -0.05) is 24.3 Å². The van der Waals surface area contributed by atoms with Gasteiger partial charge >= 0.3 is 12.2 Å². The lowest BCUT2D eigenvalue weighted by Crippen LogP contribution is -2.46. The van der Waals surface area contributed by atoms with Crippen LogP contribution < -0.4 is 20.7 Å². The Morgan fingerprint density at radius 2 is 1.86 bits per heavy atom. The van der Waals surface area contributed by atoms with Crippen LogP contribution in [-0.4, -0.2) is 19.0 Å². The Balaban J connectivity index is 1.97. The number of benzene rings is 2.